The van der Waals surface area contributed by atoms with Crippen molar-refractivity contribution in [3.05, 3.63) is 58.6 Å². The molecule has 16 heavy (non-hydrogen) atoms. The monoisotopic (exact) mass is 232 g/mol. The lowest BCUT2D eigenvalue weighted by molar-refractivity contribution is 0.103. The summed E-state index contributed by atoms with van der Waals surface area (Å²) in [6.07, 6.45) is 3.04. The lowest BCUT2D eigenvalue weighted by atomic mass is 10.1. The van der Waals surface area contributed by atoms with Gasteiger partial charge in [0.15, 0.2) is 0 Å². The molecule has 0 aliphatic heterocycles. The van der Waals surface area contributed by atoms with Gasteiger partial charge < -0.3 is 0 Å². The standard InChI is InChI=1S/C12H9ClN2O/c1-8-6-15-11(7-14-8)12(16)9-3-2-4-10(13)5-9/h2-7H,1H3. The molecule has 0 aliphatic carbocycles. The van der Waals surface area contributed by atoms with Crippen molar-refractivity contribution in [2.75, 3.05) is 0 Å². The van der Waals surface area contributed by atoms with Crippen molar-refractivity contribution in [2.24, 2.45) is 0 Å². The van der Waals surface area contributed by atoms with E-state index in [1.165, 1.54) is 6.20 Å². The molecule has 2 rings (SSSR count). The summed E-state index contributed by atoms with van der Waals surface area (Å²) in [5.41, 5.74) is 1.63. The highest BCUT2D eigenvalue weighted by molar-refractivity contribution is 6.31. The summed E-state index contributed by atoms with van der Waals surface area (Å²) in [6.45, 7) is 1.82. The van der Waals surface area contributed by atoms with Gasteiger partial charge in [0.2, 0.25) is 5.78 Å². The number of ketones is 1. The van der Waals surface area contributed by atoms with Gasteiger partial charge in [0.05, 0.1) is 11.9 Å². The predicted octanol–water partition coefficient (Wildman–Crippen LogP) is 2.67. The van der Waals surface area contributed by atoms with Crippen LogP contribution in [0.3, 0.4) is 0 Å². The third kappa shape index (κ3) is 2.25. The van der Waals surface area contributed by atoms with Crippen LogP contribution in [0.5, 0.6) is 0 Å². The van der Waals surface area contributed by atoms with Crippen LogP contribution in [0.1, 0.15) is 21.7 Å². The van der Waals surface area contributed by atoms with Gasteiger partial charge in [0.25, 0.3) is 0 Å². The number of aromatic nitrogens is 2. The number of hydrogen-bond donors (Lipinski definition) is 0. The highest BCUT2D eigenvalue weighted by Gasteiger charge is 2.10. The Balaban J connectivity index is 2.35. The Labute approximate surface area is 98.1 Å². The quantitative estimate of drug-likeness (QED) is 0.748. The molecule has 0 fully saturated rings. The number of halogens is 1. The molecular weight excluding hydrogens is 224 g/mol. The number of carbonyl (C=O) groups is 1. The molecule has 0 radical (unpaired) electrons. The average Bonchev–Trinajstić information content (AvgIpc) is 2.29. The van der Waals surface area contributed by atoms with E-state index in [1.807, 2.05) is 6.92 Å². The second kappa shape index (κ2) is 4.41. The highest BCUT2D eigenvalue weighted by Crippen LogP contribution is 2.13. The zero-order chi connectivity index (χ0) is 11.5. The largest absolute Gasteiger partial charge is 0.287 e. The van der Waals surface area contributed by atoms with Gasteiger partial charge in [-0.2, -0.15) is 0 Å². The molecule has 80 valence electrons. The van der Waals surface area contributed by atoms with Crippen LogP contribution in [0.2, 0.25) is 5.02 Å². The Kier molecular flexibility index (Phi) is 2.97. The Hall–Kier alpha value is -1.74. The third-order valence-corrected chi connectivity index (χ3v) is 2.34. The second-order valence-electron chi connectivity index (χ2n) is 3.38. The lowest BCUT2D eigenvalue weighted by Gasteiger charge is -2.00. The first kappa shape index (κ1) is 10.8. The molecule has 3 nitrogen and oxygen atoms in total. The number of benzene rings is 1. The molecule has 1 aromatic heterocycles. The summed E-state index contributed by atoms with van der Waals surface area (Å²) in [7, 11) is 0. The van der Waals surface area contributed by atoms with Gasteiger partial charge in [-0.15, -0.1) is 0 Å². The molecule has 0 atom stereocenters. The van der Waals surface area contributed by atoms with E-state index in [2.05, 4.69) is 9.97 Å². The van der Waals surface area contributed by atoms with Gasteiger partial charge >= 0.3 is 0 Å². The Morgan fingerprint density at radius 3 is 2.69 bits per heavy atom. The highest BCUT2D eigenvalue weighted by atomic mass is 35.5. The Bertz CT molecular complexity index is 523. The van der Waals surface area contributed by atoms with Gasteiger partial charge in [0, 0.05) is 16.8 Å². The minimum absolute atomic E-state index is 0.171. The van der Waals surface area contributed by atoms with Gasteiger partial charge in [-0.05, 0) is 19.1 Å². The number of nitrogens with zero attached hydrogens (tertiary/aromatic N) is 2. The van der Waals surface area contributed by atoms with Crippen LogP contribution in [-0.2, 0) is 0 Å². The third-order valence-electron chi connectivity index (χ3n) is 2.10. The number of carbonyl (C=O) groups excluding carboxylic acids is 1. The van der Waals surface area contributed by atoms with E-state index in [0.717, 1.165) is 5.69 Å². The van der Waals surface area contributed by atoms with Gasteiger partial charge in [-0.3, -0.25) is 9.78 Å². The summed E-state index contributed by atoms with van der Waals surface area (Å²) in [6, 6.07) is 6.78. The van der Waals surface area contributed by atoms with Crippen molar-refractivity contribution < 1.29 is 4.79 Å². The fourth-order valence-electron chi connectivity index (χ4n) is 1.29. The Morgan fingerprint density at radius 2 is 2.06 bits per heavy atom. The van der Waals surface area contributed by atoms with Crippen LogP contribution in [-0.4, -0.2) is 15.8 Å². The molecule has 1 aromatic carbocycles. The molecule has 0 aliphatic rings. The molecule has 0 amide bonds. The maximum absolute atomic E-state index is 11.9. The van der Waals surface area contributed by atoms with Crippen molar-refractivity contribution in [1.29, 1.82) is 0 Å². The van der Waals surface area contributed by atoms with Crippen molar-refractivity contribution in [3.63, 3.8) is 0 Å². The molecular formula is C12H9ClN2O. The molecule has 0 saturated heterocycles. The van der Waals surface area contributed by atoms with Crippen molar-refractivity contribution >= 4 is 17.4 Å². The molecule has 4 heteroatoms. The lowest BCUT2D eigenvalue weighted by Crippen LogP contribution is -2.04. The molecule has 2 aromatic rings. The van der Waals surface area contributed by atoms with Crippen LogP contribution < -0.4 is 0 Å². The zero-order valence-electron chi connectivity index (χ0n) is 8.64. The van der Waals surface area contributed by atoms with E-state index in [-0.39, 0.29) is 5.78 Å². The van der Waals surface area contributed by atoms with Crippen molar-refractivity contribution in [2.45, 2.75) is 6.92 Å². The van der Waals surface area contributed by atoms with E-state index in [0.29, 0.717) is 16.3 Å². The van der Waals surface area contributed by atoms with E-state index in [1.54, 1.807) is 30.5 Å². The number of hydrogen-bond acceptors (Lipinski definition) is 3. The fourth-order valence-corrected chi connectivity index (χ4v) is 1.48. The van der Waals surface area contributed by atoms with Crippen LogP contribution in [0.4, 0.5) is 0 Å². The van der Waals surface area contributed by atoms with E-state index < -0.39 is 0 Å². The minimum Gasteiger partial charge on any atom is -0.287 e. The topological polar surface area (TPSA) is 42.9 Å². The first-order chi connectivity index (χ1) is 7.66. The van der Waals surface area contributed by atoms with E-state index in [4.69, 9.17) is 11.6 Å². The van der Waals surface area contributed by atoms with Gasteiger partial charge in [-0.25, -0.2) is 4.98 Å². The molecule has 0 saturated carbocycles. The summed E-state index contributed by atoms with van der Waals surface area (Å²) < 4.78 is 0. The van der Waals surface area contributed by atoms with Gasteiger partial charge in [-0.1, -0.05) is 23.7 Å². The van der Waals surface area contributed by atoms with Crippen molar-refractivity contribution in [1.82, 2.24) is 9.97 Å². The molecule has 0 spiro atoms. The normalized spacial score (nSPS) is 10.1. The summed E-state index contributed by atoms with van der Waals surface area (Å²) >= 11 is 5.81. The first-order valence-corrected chi connectivity index (χ1v) is 5.13. The maximum atomic E-state index is 11.9. The maximum Gasteiger partial charge on any atom is 0.212 e. The number of aryl methyl sites for hydroxylation is 1. The Morgan fingerprint density at radius 1 is 1.25 bits per heavy atom. The summed E-state index contributed by atoms with van der Waals surface area (Å²) in [5, 5.41) is 0.533. The van der Waals surface area contributed by atoms with Crippen LogP contribution in [0.25, 0.3) is 0 Å². The second-order valence-corrected chi connectivity index (χ2v) is 3.82. The molecule has 1 heterocycles. The average molecular weight is 233 g/mol. The van der Waals surface area contributed by atoms with Crippen LogP contribution >= 0.6 is 11.6 Å². The molecule has 0 unspecified atom stereocenters. The van der Waals surface area contributed by atoms with Gasteiger partial charge in [0.1, 0.15) is 5.69 Å². The number of rotatable bonds is 2. The van der Waals surface area contributed by atoms with Crippen LogP contribution in [0, 0.1) is 6.92 Å². The SMILES string of the molecule is Cc1cnc(C(=O)c2cccc(Cl)c2)cn1. The fraction of sp³-hybridized carbons (Fsp3) is 0.0833. The van der Waals surface area contributed by atoms with Crippen molar-refractivity contribution in [3.8, 4) is 0 Å². The zero-order valence-corrected chi connectivity index (χ0v) is 9.40. The molecule has 0 bridgehead atoms. The van der Waals surface area contributed by atoms with E-state index >= 15 is 0 Å². The summed E-state index contributed by atoms with van der Waals surface area (Å²) in [4.78, 5) is 20.0. The smallest absolute Gasteiger partial charge is 0.212 e. The first-order valence-electron chi connectivity index (χ1n) is 4.76. The predicted molar refractivity (Wildman–Crippen MR) is 61.7 cm³/mol. The molecule has 0 N–H and O–H groups in total. The minimum atomic E-state index is -0.171. The van der Waals surface area contributed by atoms with Crippen LogP contribution in [0.15, 0.2) is 36.7 Å². The van der Waals surface area contributed by atoms with E-state index in [9.17, 15) is 4.79 Å². The summed E-state index contributed by atoms with van der Waals surface area (Å²) in [5.74, 6) is -0.171.